The molecule has 3 nitrogen and oxygen atoms in total. The van der Waals surface area contributed by atoms with Crippen LogP contribution in [-0.4, -0.2) is 60.1 Å². The molecule has 1 N–H and O–H groups in total. The Kier molecular flexibility index (Phi) is 3.13. The number of rotatable bonds is 1. The summed E-state index contributed by atoms with van der Waals surface area (Å²) in [7, 11) is 0. The van der Waals surface area contributed by atoms with Gasteiger partial charge in [0.25, 0.3) is 0 Å². The van der Waals surface area contributed by atoms with Crippen LogP contribution in [-0.2, 0) is 0 Å². The molecule has 0 aromatic heterocycles. The molecule has 2 unspecified atom stereocenters. The van der Waals surface area contributed by atoms with E-state index >= 15 is 0 Å². The van der Waals surface area contributed by atoms with Gasteiger partial charge in [-0.3, -0.25) is 4.90 Å². The van der Waals surface area contributed by atoms with Crippen molar-refractivity contribution in [2.75, 3.05) is 32.7 Å². The van der Waals surface area contributed by atoms with Crippen molar-refractivity contribution in [1.29, 1.82) is 0 Å². The largest absolute Gasteiger partial charge is 0.308 e. The second kappa shape index (κ2) is 4.71. The van der Waals surface area contributed by atoms with Crippen LogP contribution in [0.1, 0.15) is 45.4 Å². The molecular weight excluding hydrogens is 234 g/mol. The van der Waals surface area contributed by atoms with Gasteiger partial charge in [-0.2, -0.15) is 0 Å². The van der Waals surface area contributed by atoms with Crippen molar-refractivity contribution in [2.24, 2.45) is 5.92 Å². The standard InChI is InChI=1S/C16H29N3/c1-13-10-17-16(6-2-3-7-16)12-19(13)15-11-18-8-4-14(15)5-9-18/h13-15,17H,2-12H2,1H3. The van der Waals surface area contributed by atoms with Gasteiger partial charge in [0.15, 0.2) is 0 Å². The van der Waals surface area contributed by atoms with Gasteiger partial charge in [0.1, 0.15) is 0 Å². The highest BCUT2D eigenvalue weighted by Crippen LogP contribution is 2.38. The summed E-state index contributed by atoms with van der Waals surface area (Å²) < 4.78 is 0. The van der Waals surface area contributed by atoms with Crippen molar-refractivity contribution in [1.82, 2.24) is 15.1 Å². The van der Waals surface area contributed by atoms with E-state index < -0.39 is 0 Å². The zero-order valence-electron chi connectivity index (χ0n) is 12.4. The Bertz CT molecular complexity index is 329. The molecule has 4 saturated heterocycles. The average Bonchev–Trinajstić information content (AvgIpc) is 2.91. The summed E-state index contributed by atoms with van der Waals surface area (Å²) in [6, 6.07) is 1.59. The molecule has 1 aliphatic carbocycles. The molecule has 1 saturated carbocycles. The van der Waals surface area contributed by atoms with E-state index in [1.54, 1.807) is 0 Å². The van der Waals surface area contributed by atoms with Crippen LogP contribution in [0.4, 0.5) is 0 Å². The Hall–Kier alpha value is -0.120. The zero-order chi connectivity index (χ0) is 12.9. The van der Waals surface area contributed by atoms with Gasteiger partial charge in [-0.15, -0.1) is 0 Å². The van der Waals surface area contributed by atoms with Crippen molar-refractivity contribution in [3.63, 3.8) is 0 Å². The minimum absolute atomic E-state index is 0.485. The lowest BCUT2D eigenvalue weighted by Gasteiger charge is -2.55. The molecule has 0 amide bonds. The smallest absolute Gasteiger partial charge is 0.0309 e. The molecule has 0 aromatic carbocycles. The van der Waals surface area contributed by atoms with E-state index in [0.29, 0.717) is 5.54 Å². The topological polar surface area (TPSA) is 18.5 Å². The molecule has 19 heavy (non-hydrogen) atoms. The number of hydrogen-bond donors (Lipinski definition) is 1. The maximum atomic E-state index is 3.90. The van der Waals surface area contributed by atoms with Crippen molar-refractivity contribution in [3.05, 3.63) is 0 Å². The monoisotopic (exact) mass is 263 g/mol. The van der Waals surface area contributed by atoms with E-state index in [1.165, 1.54) is 71.2 Å². The third-order valence-electron chi connectivity index (χ3n) is 6.43. The number of piperidine rings is 3. The lowest BCUT2D eigenvalue weighted by Crippen LogP contribution is -2.68. The fraction of sp³-hybridized carbons (Fsp3) is 1.00. The molecule has 0 aromatic rings. The normalized spacial score (nSPS) is 45.9. The first-order valence-electron chi connectivity index (χ1n) is 8.49. The van der Waals surface area contributed by atoms with Gasteiger partial charge < -0.3 is 10.2 Å². The molecule has 0 radical (unpaired) electrons. The van der Waals surface area contributed by atoms with Crippen LogP contribution in [0.2, 0.25) is 0 Å². The number of fused-ring (bicyclic) bond motifs is 3. The second-order valence-corrected chi connectivity index (χ2v) is 7.60. The molecule has 5 rings (SSSR count). The first kappa shape index (κ1) is 12.6. The lowest BCUT2D eigenvalue weighted by atomic mass is 9.80. The number of nitrogens with zero attached hydrogens (tertiary/aromatic N) is 2. The highest BCUT2D eigenvalue weighted by molar-refractivity contribution is 5.04. The first-order chi connectivity index (χ1) is 9.26. The number of hydrogen-bond acceptors (Lipinski definition) is 3. The predicted octanol–water partition coefficient (Wildman–Crippen LogP) is 1.69. The number of piperazine rings is 1. The summed E-state index contributed by atoms with van der Waals surface area (Å²) in [6.07, 6.45) is 8.61. The van der Waals surface area contributed by atoms with E-state index in [2.05, 4.69) is 22.0 Å². The lowest BCUT2D eigenvalue weighted by molar-refractivity contribution is -0.0402. The minimum Gasteiger partial charge on any atom is -0.308 e. The Morgan fingerprint density at radius 1 is 1.11 bits per heavy atom. The van der Waals surface area contributed by atoms with Crippen molar-refractivity contribution in [2.45, 2.75) is 63.1 Å². The molecule has 3 heteroatoms. The maximum Gasteiger partial charge on any atom is 0.0309 e. The summed E-state index contributed by atoms with van der Waals surface area (Å²) >= 11 is 0. The van der Waals surface area contributed by atoms with Crippen LogP contribution in [0.5, 0.6) is 0 Å². The third kappa shape index (κ3) is 2.14. The van der Waals surface area contributed by atoms with Crippen LogP contribution < -0.4 is 5.32 Å². The SMILES string of the molecule is CC1CNC2(CCCC2)CN1C1CN2CCC1CC2. The molecular formula is C16H29N3. The molecule has 5 aliphatic rings. The van der Waals surface area contributed by atoms with Gasteiger partial charge in [0.05, 0.1) is 0 Å². The van der Waals surface area contributed by atoms with E-state index in [1.807, 2.05) is 0 Å². The summed E-state index contributed by atoms with van der Waals surface area (Å²) in [6.45, 7) is 9.06. The Balaban J connectivity index is 1.52. The van der Waals surface area contributed by atoms with E-state index in [-0.39, 0.29) is 0 Å². The highest BCUT2D eigenvalue weighted by Gasteiger charge is 2.45. The molecule has 2 atom stereocenters. The molecule has 108 valence electrons. The molecule has 4 aliphatic heterocycles. The summed E-state index contributed by atoms with van der Waals surface area (Å²) in [4.78, 5) is 5.61. The molecule has 1 spiro atoms. The maximum absolute atomic E-state index is 3.90. The number of nitrogens with one attached hydrogen (secondary N) is 1. The quantitative estimate of drug-likeness (QED) is 0.777. The minimum atomic E-state index is 0.485. The van der Waals surface area contributed by atoms with Crippen molar-refractivity contribution >= 4 is 0 Å². The Morgan fingerprint density at radius 3 is 2.47 bits per heavy atom. The van der Waals surface area contributed by atoms with Gasteiger partial charge in [-0.05, 0) is 51.6 Å². The van der Waals surface area contributed by atoms with Crippen molar-refractivity contribution < 1.29 is 0 Å². The van der Waals surface area contributed by atoms with E-state index in [0.717, 1.165) is 18.0 Å². The Morgan fingerprint density at radius 2 is 1.84 bits per heavy atom. The van der Waals surface area contributed by atoms with Gasteiger partial charge in [0, 0.05) is 37.3 Å². The van der Waals surface area contributed by atoms with Crippen LogP contribution >= 0.6 is 0 Å². The highest BCUT2D eigenvalue weighted by atomic mass is 15.3. The van der Waals surface area contributed by atoms with Crippen LogP contribution in [0.3, 0.4) is 0 Å². The molecule has 2 bridgehead atoms. The fourth-order valence-electron chi connectivity index (χ4n) is 5.18. The summed E-state index contributed by atoms with van der Waals surface area (Å²) in [5.41, 5.74) is 0.485. The van der Waals surface area contributed by atoms with Gasteiger partial charge in [-0.1, -0.05) is 12.8 Å². The predicted molar refractivity (Wildman–Crippen MR) is 78.3 cm³/mol. The van der Waals surface area contributed by atoms with Gasteiger partial charge in [-0.25, -0.2) is 0 Å². The summed E-state index contributed by atoms with van der Waals surface area (Å²) in [5, 5.41) is 3.90. The van der Waals surface area contributed by atoms with Crippen molar-refractivity contribution in [3.8, 4) is 0 Å². The Labute approximate surface area is 117 Å². The molecule has 4 heterocycles. The molecule has 5 fully saturated rings. The van der Waals surface area contributed by atoms with Crippen LogP contribution in [0.15, 0.2) is 0 Å². The van der Waals surface area contributed by atoms with Crippen LogP contribution in [0, 0.1) is 5.92 Å². The van der Waals surface area contributed by atoms with E-state index in [4.69, 9.17) is 0 Å². The third-order valence-corrected chi connectivity index (χ3v) is 6.43. The van der Waals surface area contributed by atoms with E-state index in [9.17, 15) is 0 Å². The van der Waals surface area contributed by atoms with Crippen LogP contribution in [0.25, 0.3) is 0 Å². The van der Waals surface area contributed by atoms with Gasteiger partial charge in [0.2, 0.25) is 0 Å². The summed E-state index contributed by atoms with van der Waals surface area (Å²) in [5.74, 6) is 0.990. The zero-order valence-corrected chi connectivity index (χ0v) is 12.4. The second-order valence-electron chi connectivity index (χ2n) is 7.60. The first-order valence-corrected chi connectivity index (χ1v) is 8.49. The van der Waals surface area contributed by atoms with Gasteiger partial charge >= 0.3 is 0 Å². The average molecular weight is 263 g/mol. The fourth-order valence-corrected chi connectivity index (χ4v) is 5.18.